The monoisotopic (exact) mass is 365 g/mol. The van der Waals surface area contributed by atoms with Gasteiger partial charge < -0.3 is 10.2 Å². The van der Waals surface area contributed by atoms with E-state index < -0.39 is 27.6 Å². The highest BCUT2D eigenvalue weighted by molar-refractivity contribution is 7.90. The highest BCUT2D eigenvalue weighted by atomic mass is 32.2. The van der Waals surface area contributed by atoms with Gasteiger partial charge in [0.25, 0.3) is 10.0 Å². The quantitative estimate of drug-likeness (QED) is 0.902. The second-order valence-corrected chi connectivity index (χ2v) is 6.99. The van der Waals surface area contributed by atoms with Crippen LogP contribution < -0.4 is 5.32 Å². The van der Waals surface area contributed by atoms with Crippen LogP contribution in [0.2, 0.25) is 0 Å². The average molecular weight is 365 g/mol. The number of carbonyl (C=O) groups excluding carboxylic acids is 1. The lowest BCUT2D eigenvalue weighted by Crippen LogP contribution is -2.34. The molecule has 0 spiro atoms. The van der Waals surface area contributed by atoms with E-state index in [9.17, 15) is 22.0 Å². The van der Waals surface area contributed by atoms with Gasteiger partial charge in [0.1, 0.15) is 4.90 Å². The molecule has 1 heterocycles. The molecule has 1 amide bonds. The Morgan fingerprint density at radius 2 is 1.88 bits per heavy atom. The molecule has 2 aromatic rings. The second-order valence-electron chi connectivity index (χ2n) is 5.42. The maximum atomic E-state index is 13.2. The number of amidine groups is 1. The van der Waals surface area contributed by atoms with Gasteiger partial charge in [0, 0.05) is 24.4 Å². The van der Waals surface area contributed by atoms with E-state index in [-0.39, 0.29) is 23.0 Å². The molecule has 0 atom stereocenters. The van der Waals surface area contributed by atoms with E-state index in [0.29, 0.717) is 5.56 Å². The number of anilines is 1. The maximum absolute atomic E-state index is 13.2. The van der Waals surface area contributed by atoms with Gasteiger partial charge in [-0.25, -0.2) is 8.78 Å². The summed E-state index contributed by atoms with van der Waals surface area (Å²) in [5.74, 6) is -2.47. The van der Waals surface area contributed by atoms with Crippen LogP contribution in [0.5, 0.6) is 0 Å². The van der Waals surface area contributed by atoms with Crippen LogP contribution in [0.4, 0.5) is 14.5 Å². The van der Waals surface area contributed by atoms with Gasteiger partial charge in [-0.3, -0.25) is 4.79 Å². The van der Waals surface area contributed by atoms with E-state index in [1.54, 1.807) is 18.2 Å². The van der Waals surface area contributed by atoms with Gasteiger partial charge in [-0.2, -0.15) is 8.42 Å². The van der Waals surface area contributed by atoms with Crippen LogP contribution in [0.25, 0.3) is 0 Å². The Hall–Kier alpha value is -2.81. The molecule has 0 saturated heterocycles. The van der Waals surface area contributed by atoms with E-state index >= 15 is 0 Å². The predicted octanol–water partition coefficient (Wildman–Crippen LogP) is 1.98. The first-order valence-corrected chi connectivity index (χ1v) is 8.62. The Balaban J connectivity index is 1.75. The largest absolute Gasteiger partial charge is 0.349 e. The molecular weight excluding hydrogens is 352 g/mol. The summed E-state index contributed by atoms with van der Waals surface area (Å²) in [7, 11) is -2.27. The highest BCUT2D eigenvalue weighted by Gasteiger charge is 2.30. The van der Waals surface area contributed by atoms with Crippen LogP contribution in [0.15, 0.2) is 51.8 Å². The van der Waals surface area contributed by atoms with Crippen molar-refractivity contribution in [2.45, 2.75) is 4.90 Å². The molecule has 0 saturated carbocycles. The molecular formula is C16H13F2N3O3S. The van der Waals surface area contributed by atoms with Gasteiger partial charge in [0.2, 0.25) is 5.91 Å². The van der Waals surface area contributed by atoms with Crippen molar-refractivity contribution in [1.29, 1.82) is 0 Å². The summed E-state index contributed by atoms with van der Waals surface area (Å²) in [6, 6.07) is 9.29. The number of benzene rings is 2. The summed E-state index contributed by atoms with van der Waals surface area (Å²) in [4.78, 5) is 13.5. The highest BCUT2D eigenvalue weighted by Crippen LogP contribution is 2.26. The summed E-state index contributed by atoms with van der Waals surface area (Å²) >= 11 is 0. The number of carbonyl (C=O) groups is 1. The molecule has 0 aromatic heterocycles. The fourth-order valence-corrected chi connectivity index (χ4v) is 3.68. The zero-order chi connectivity index (χ0) is 18.2. The van der Waals surface area contributed by atoms with Crippen LogP contribution in [-0.4, -0.2) is 38.7 Å². The molecule has 130 valence electrons. The Kier molecular flexibility index (Phi) is 4.25. The number of sulfonamides is 1. The van der Waals surface area contributed by atoms with E-state index in [0.717, 1.165) is 12.1 Å². The molecule has 0 bridgehead atoms. The van der Waals surface area contributed by atoms with Crippen LogP contribution in [0, 0.1) is 11.6 Å². The van der Waals surface area contributed by atoms with Crippen molar-refractivity contribution in [2.75, 3.05) is 18.9 Å². The van der Waals surface area contributed by atoms with E-state index in [1.807, 2.05) is 0 Å². The molecule has 2 aromatic carbocycles. The van der Waals surface area contributed by atoms with Crippen molar-refractivity contribution in [1.82, 2.24) is 4.90 Å². The molecule has 1 N–H and O–H groups in total. The van der Waals surface area contributed by atoms with Gasteiger partial charge in [-0.05, 0) is 24.3 Å². The summed E-state index contributed by atoms with van der Waals surface area (Å²) in [6.07, 6.45) is 0. The van der Waals surface area contributed by atoms with Gasteiger partial charge in [0.05, 0.1) is 6.54 Å². The number of nitrogens with one attached hydrogen (secondary N) is 1. The standard InChI is InChI=1S/C16H13F2N3O3S/c1-21(9-15(22)19-10-6-7-12(17)13(18)8-10)16-11-4-2-3-5-14(11)25(23,24)20-16/h2-8H,9H2,1H3,(H,19,22). The Morgan fingerprint density at radius 3 is 2.60 bits per heavy atom. The minimum Gasteiger partial charge on any atom is -0.349 e. The van der Waals surface area contributed by atoms with Crippen molar-refractivity contribution in [2.24, 2.45) is 4.40 Å². The Morgan fingerprint density at radius 1 is 1.16 bits per heavy atom. The minimum absolute atomic E-state index is 0.0814. The molecule has 9 heteroatoms. The van der Waals surface area contributed by atoms with E-state index in [1.165, 1.54) is 24.1 Å². The van der Waals surface area contributed by atoms with Crippen molar-refractivity contribution in [3.05, 3.63) is 59.7 Å². The average Bonchev–Trinajstić information content (AvgIpc) is 2.83. The number of likely N-dealkylation sites (N-methyl/N-ethyl adjacent to an activating group) is 1. The molecule has 0 fully saturated rings. The minimum atomic E-state index is -3.78. The number of rotatable bonds is 3. The normalized spacial score (nSPS) is 14.6. The number of hydrogen-bond acceptors (Lipinski definition) is 4. The molecule has 0 unspecified atom stereocenters. The molecule has 0 radical (unpaired) electrons. The Bertz CT molecular complexity index is 990. The number of amides is 1. The Labute approximate surface area is 142 Å². The van der Waals surface area contributed by atoms with Crippen molar-refractivity contribution < 1.29 is 22.0 Å². The van der Waals surface area contributed by atoms with Gasteiger partial charge in [-0.1, -0.05) is 12.1 Å². The first-order valence-electron chi connectivity index (χ1n) is 7.18. The molecule has 6 nitrogen and oxygen atoms in total. The van der Waals surface area contributed by atoms with Gasteiger partial charge >= 0.3 is 0 Å². The molecule has 3 rings (SSSR count). The number of hydrogen-bond donors (Lipinski definition) is 1. The zero-order valence-corrected chi connectivity index (χ0v) is 13.8. The third-order valence-electron chi connectivity index (χ3n) is 3.56. The summed E-state index contributed by atoms with van der Waals surface area (Å²) in [5.41, 5.74) is 0.504. The number of fused-ring (bicyclic) bond motifs is 1. The molecule has 1 aliphatic rings. The number of nitrogens with zero attached hydrogens (tertiary/aromatic N) is 2. The van der Waals surface area contributed by atoms with E-state index in [2.05, 4.69) is 9.71 Å². The fraction of sp³-hybridized carbons (Fsp3) is 0.125. The number of halogens is 2. The lowest BCUT2D eigenvalue weighted by Gasteiger charge is -2.18. The molecule has 25 heavy (non-hydrogen) atoms. The topological polar surface area (TPSA) is 78.8 Å². The van der Waals surface area contributed by atoms with Crippen molar-refractivity contribution >= 4 is 27.5 Å². The SMILES string of the molecule is CN(CC(=O)Nc1ccc(F)c(F)c1)C1=NS(=O)(=O)c2ccccc21. The van der Waals surface area contributed by atoms with Crippen LogP contribution in [0.1, 0.15) is 5.56 Å². The summed E-state index contributed by atoms with van der Waals surface area (Å²) < 4.78 is 53.8. The van der Waals surface area contributed by atoms with Gasteiger partial charge in [0.15, 0.2) is 17.5 Å². The fourth-order valence-electron chi connectivity index (χ4n) is 2.43. The van der Waals surface area contributed by atoms with Crippen molar-refractivity contribution in [3.8, 4) is 0 Å². The third kappa shape index (κ3) is 3.36. The first-order chi connectivity index (χ1) is 11.8. The van der Waals surface area contributed by atoms with E-state index in [4.69, 9.17) is 0 Å². The second kappa shape index (κ2) is 6.25. The van der Waals surface area contributed by atoms with Crippen LogP contribution >= 0.6 is 0 Å². The van der Waals surface area contributed by atoms with Gasteiger partial charge in [-0.15, -0.1) is 4.40 Å². The lowest BCUT2D eigenvalue weighted by atomic mass is 10.2. The first kappa shape index (κ1) is 17.0. The predicted molar refractivity (Wildman–Crippen MR) is 87.8 cm³/mol. The van der Waals surface area contributed by atoms with Crippen LogP contribution in [0.3, 0.4) is 0 Å². The lowest BCUT2D eigenvalue weighted by molar-refractivity contribution is -0.116. The zero-order valence-electron chi connectivity index (χ0n) is 13.0. The summed E-state index contributed by atoms with van der Waals surface area (Å²) in [5, 5.41) is 2.42. The molecule has 1 aliphatic heterocycles. The maximum Gasteiger partial charge on any atom is 0.285 e. The van der Waals surface area contributed by atoms with Crippen LogP contribution in [-0.2, 0) is 14.8 Å². The smallest absolute Gasteiger partial charge is 0.285 e. The van der Waals surface area contributed by atoms with Crippen molar-refractivity contribution in [3.63, 3.8) is 0 Å². The summed E-state index contributed by atoms with van der Waals surface area (Å²) in [6.45, 7) is -0.221. The third-order valence-corrected chi connectivity index (χ3v) is 4.88. The molecule has 0 aliphatic carbocycles.